The number of halogens is 1. The first-order chi connectivity index (χ1) is 6.99. The Balaban J connectivity index is -0.000000200. The molecule has 0 radical (unpaired) electrons. The van der Waals surface area contributed by atoms with Gasteiger partial charge in [-0.15, -0.1) is 6.58 Å². The zero-order valence-corrected chi connectivity index (χ0v) is 13.9. The van der Waals surface area contributed by atoms with Gasteiger partial charge in [-0.25, -0.2) is 4.67 Å². The van der Waals surface area contributed by atoms with E-state index in [-0.39, 0.29) is 0 Å². The summed E-state index contributed by atoms with van der Waals surface area (Å²) in [6, 6.07) is 0. The van der Waals surface area contributed by atoms with Gasteiger partial charge < -0.3 is 4.52 Å². The third-order valence-corrected chi connectivity index (χ3v) is 1.83. The van der Waals surface area contributed by atoms with Crippen LogP contribution in [-0.2, 0) is 13.9 Å². The summed E-state index contributed by atoms with van der Waals surface area (Å²) < 4.78 is 14.5. The van der Waals surface area contributed by atoms with E-state index in [1.54, 1.807) is 13.2 Å². The number of allylic oxidation sites excluding steroid dienone is 1. The van der Waals surface area contributed by atoms with Crippen LogP contribution in [0.2, 0.25) is 0 Å². The van der Waals surface area contributed by atoms with E-state index in [9.17, 15) is 0 Å². The Bertz CT molecular complexity index is 116. The van der Waals surface area contributed by atoms with E-state index in [1.165, 1.54) is 0 Å². The van der Waals surface area contributed by atoms with Crippen molar-refractivity contribution in [3.8, 4) is 0 Å². The van der Waals surface area contributed by atoms with E-state index in [1.807, 2.05) is 33.8 Å². The van der Waals surface area contributed by atoms with Crippen LogP contribution in [0.25, 0.3) is 0 Å². The lowest BCUT2D eigenvalue weighted by Gasteiger charge is -2.09. The summed E-state index contributed by atoms with van der Waals surface area (Å²) in [5.41, 5.74) is 0. The first-order valence-corrected chi connectivity index (χ1v) is 9.32. The van der Waals surface area contributed by atoms with Crippen LogP contribution >= 0.6 is 32.5 Å². The topological polar surface area (TPSA) is 27.7 Å². The van der Waals surface area contributed by atoms with E-state index in [0.717, 1.165) is 5.33 Å². The molecular weight excluding hydrogens is 298 g/mol. The van der Waals surface area contributed by atoms with Crippen molar-refractivity contribution in [3.05, 3.63) is 12.7 Å². The van der Waals surface area contributed by atoms with E-state index < -0.39 is 16.5 Å². The second kappa shape index (κ2) is 20.4. The lowest BCUT2D eigenvalue weighted by atomic mass is 10.8. The second-order valence-electron chi connectivity index (χ2n) is 2.26. The molecule has 1 atom stereocenters. The third-order valence-electron chi connectivity index (χ3n) is 0.544. The molecule has 1 unspecified atom stereocenters. The van der Waals surface area contributed by atoms with Crippen LogP contribution in [0.4, 0.5) is 0 Å². The van der Waals surface area contributed by atoms with Crippen molar-refractivity contribution >= 4 is 32.5 Å². The lowest BCUT2D eigenvalue weighted by molar-refractivity contribution is -0.0861. The van der Waals surface area contributed by atoms with Gasteiger partial charge in [-0.3, -0.25) is 0 Å². The van der Waals surface area contributed by atoms with Gasteiger partial charge >= 0.3 is 0 Å². The van der Waals surface area contributed by atoms with Gasteiger partial charge in [0.15, 0.2) is 0 Å². The highest BCUT2D eigenvalue weighted by Gasteiger charge is 2.01. The average Bonchev–Trinajstić information content (AvgIpc) is 2.16. The highest BCUT2D eigenvalue weighted by atomic mass is 79.9. The smallest absolute Gasteiger partial charge is 0.205 e. The molecule has 0 aliphatic heterocycles. The van der Waals surface area contributed by atoms with Crippen molar-refractivity contribution in [2.45, 2.75) is 13.8 Å². The van der Waals surface area contributed by atoms with Crippen molar-refractivity contribution in [2.75, 3.05) is 32.4 Å². The zero-order chi connectivity index (χ0) is 12.7. The number of hydrogen-bond acceptors (Lipinski definition) is 3. The van der Waals surface area contributed by atoms with Crippen LogP contribution < -0.4 is 0 Å². The van der Waals surface area contributed by atoms with Gasteiger partial charge in [0.1, 0.15) is 0 Å². The molecule has 0 bridgehead atoms. The van der Waals surface area contributed by atoms with E-state index in [2.05, 4.69) is 22.5 Å². The molecule has 6 heteroatoms. The van der Waals surface area contributed by atoms with Crippen LogP contribution in [-0.4, -0.2) is 32.4 Å². The molecule has 0 N–H and O–H groups in total. The molecule has 0 aromatic heterocycles. The van der Waals surface area contributed by atoms with E-state index in [0.29, 0.717) is 0 Å². The largest absolute Gasteiger partial charge is 0.336 e. The molecule has 0 aromatic rings. The Morgan fingerprint density at radius 2 is 1.60 bits per heavy atom. The molecule has 3 nitrogen and oxygen atoms in total. The van der Waals surface area contributed by atoms with E-state index in [4.69, 9.17) is 13.9 Å². The van der Waals surface area contributed by atoms with Crippen molar-refractivity contribution in [2.24, 2.45) is 0 Å². The molecule has 0 aromatic carbocycles. The first-order valence-electron chi connectivity index (χ1n) is 4.42. The zero-order valence-electron chi connectivity index (χ0n) is 10.5. The van der Waals surface area contributed by atoms with Gasteiger partial charge in [0.05, 0.1) is 8.15 Å². The second-order valence-corrected chi connectivity index (χ2v) is 6.55. The Kier molecular flexibility index (Phi) is 28.9. The van der Waals surface area contributed by atoms with Gasteiger partial charge in [-0.1, -0.05) is 28.9 Å². The fourth-order valence-corrected chi connectivity index (χ4v) is 1.11. The summed E-state index contributed by atoms with van der Waals surface area (Å²) in [4.78, 5) is 0. The van der Waals surface area contributed by atoms with Crippen molar-refractivity contribution in [1.29, 1.82) is 0 Å². The van der Waals surface area contributed by atoms with E-state index >= 15 is 0 Å². The Hall–Kier alpha value is 0.960. The number of rotatable bonds is 4. The van der Waals surface area contributed by atoms with Gasteiger partial charge in [0.2, 0.25) is 8.38 Å². The quantitative estimate of drug-likeness (QED) is 0.245. The molecule has 0 fully saturated rings. The van der Waals surface area contributed by atoms with Crippen LogP contribution in [0.1, 0.15) is 13.8 Å². The predicted octanol–water partition coefficient (Wildman–Crippen LogP) is 4.77. The molecule has 15 heavy (non-hydrogen) atoms. The highest BCUT2D eigenvalue weighted by molar-refractivity contribution is 9.09. The Morgan fingerprint density at radius 1 is 1.27 bits per heavy atom. The molecule has 0 aliphatic rings. The van der Waals surface area contributed by atoms with Crippen LogP contribution in [0.3, 0.4) is 0 Å². The number of hydrogen-bond donors (Lipinski definition) is 0. The maximum atomic E-state index is 4.86. The minimum atomic E-state index is -0.817. The summed E-state index contributed by atoms with van der Waals surface area (Å²) in [7, 11) is 0.358. The van der Waals surface area contributed by atoms with Gasteiger partial charge in [0, 0.05) is 19.1 Å². The normalized spacial score (nSPS) is 10.7. The number of alkyl halides is 1. The SMILES string of the molecule is C=CC.CCBr.COP(C)OOP(C)C. The maximum absolute atomic E-state index is 4.86. The van der Waals surface area contributed by atoms with Gasteiger partial charge in [-0.2, -0.15) is 4.67 Å². The third kappa shape index (κ3) is 39.7. The first kappa shape index (κ1) is 21.3. The van der Waals surface area contributed by atoms with Crippen LogP contribution in [0.15, 0.2) is 12.7 Å². The van der Waals surface area contributed by atoms with Crippen LogP contribution in [0.5, 0.6) is 0 Å². The standard InChI is InChI=1S/C4H12O3P2.C3H6.C2H5Br/c1-5-9(4)7-6-8(2)3;1-3-2;1-2-3/h1-4H3;3H,1H2,2H3;2H2,1H3. The summed E-state index contributed by atoms with van der Waals surface area (Å²) in [5, 5.41) is 1.06. The van der Waals surface area contributed by atoms with Crippen molar-refractivity contribution in [1.82, 2.24) is 0 Å². The monoisotopic (exact) mass is 320 g/mol. The summed E-state index contributed by atoms with van der Waals surface area (Å²) in [5.74, 6) is 0. The molecular formula is C9H23BrO3P2. The summed E-state index contributed by atoms with van der Waals surface area (Å²) in [6.07, 6.45) is 1.75. The fraction of sp³-hybridized carbons (Fsp3) is 0.778. The molecule has 0 heterocycles. The highest BCUT2D eigenvalue weighted by Crippen LogP contribution is 2.38. The minimum Gasteiger partial charge on any atom is -0.336 e. The molecule has 94 valence electrons. The summed E-state index contributed by atoms with van der Waals surface area (Å²) >= 11 is 3.15. The fourth-order valence-electron chi connectivity index (χ4n) is 0.144. The maximum Gasteiger partial charge on any atom is 0.205 e. The van der Waals surface area contributed by atoms with Crippen molar-refractivity contribution < 1.29 is 13.9 Å². The molecule has 0 aliphatic carbocycles. The predicted molar refractivity (Wildman–Crippen MR) is 76.1 cm³/mol. The lowest BCUT2D eigenvalue weighted by Crippen LogP contribution is -1.83. The van der Waals surface area contributed by atoms with Crippen molar-refractivity contribution in [3.63, 3.8) is 0 Å². The van der Waals surface area contributed by atoms with Gasteiger partial charge in [0.25, 0.3) is 0 Å². The molecule has 0 saturated carbocycles. The van der Waals surface area contributed by atoms with Crippen LogP contribution in [0, 0.1) is 0 Å². The average molecular weight is 321 g/mol. The molecule has 0 spiro atoms. The van der Waals surface area contributed by atoms with Gasteiger partial charge in [-0.05, 0) is 20.3 Å². The minimum absolute atomic E-state index is 0.425. The molecule has 0 amide bonds. The summed E-state index contributed by atoms with van der Waals surface area (Å²) in [6.45, 7) is 13.1. The Morgan fingerprint density at radius 3 is 1.80 bits per heavy atom. The molecule has 0 saturated heterocycles. The molecule has 0 rings (SSSR count). The Labute approximate surface area is 105 Å².